The number of hydrogen-bond donors (Lipinski definition) is 1. The Morgan fingerprint density at radius 3 is 2.75 bits per heavy atom. The predicted octanol–water partition coefficient (Wildman–Crippen LogP) is 2.79. The van der Waals surface area contributed by atoms with Crippen molar-refractivity contribution < 1.29 is 4.74 Å². The number of benzene rings is 1. The van der Waals surface area contributed by atoms with Gasteiger partial charge in [0.1, 0.15) is 5.75 Å². The topological polar surface area (TPSA) is 21.3 Å². The van der Waals surface area contributed by atoms with Crippen molar-refractivity contribution in [1.29, 1.82) is 0 Å². The monoisotopic (exact) mass is 221 g/mol. The second-order valence-corrected chi connectivity index (χ2v) is 4.43. The number of ether oxygens (including phenoxy) is 1. The molecule has 1 unspecified atom stereocenters. The molecule has 2 nitrogen and oxygen atoms in total. The third-order valence-corrected chi connectivity index (χ3v) is 2.75. The Balaban J connectivity index is 2.67. The van der Waals surface area contributed by atoms with Gasteiger partial charge in [0.05, 0.1) is 7.11 Å². The Hall–Kier alpha value is -1.02. The largest absolute Gasteiger partial charge is 0.496 e. The van der Waals surface area contributed by atoms with Crippen molar-refractivity contribution in [2.45, 2.75) is 27.2 Å². The van der Waals surface area contributed by atoms with Gasteiger partial charge in [-0.25, -0.2) is 0 Å². The third kappa shape index (κ3) is 3.86. The van der Waals surface area contributed by atoms with Crippen LogP contribution in [0.5, 0.6) is 5.75 Å². The Kier molecular flexibility index (Phi) is 5.33. The molecule has 0 aromatic heterocycles. The fourth-order valence-electron chi connectivity index (χ4n) is 1.91. The van der Waals surface area contributed by atoms with Crippen molar-refractivity contribution in [3.05, 3.63) is 29.3 Å². The molecular weight excluding hydrogens is 198 g/mol. The molecule has 0 amide bonds. The highest BCUT2D eigenvalue weighted by molar-refractivity contribution is 5.37. The highest BCUT2D eigenvalue weighted by atomic mass is 16.5. The molecule has 2 heteroatoms. The van der Waals surface area contributed by atoms with Gasteiger partial charge in [-0.2, -0.15) is 0 Å². The molecule has 0 aliphatic heterocycles. The molecule has 1 atom stereocenters. The summed E-state index contributed by atoms with van der Waals surface area (Å²) in [5.74, 6) is 1.64. The zero-order valence-electron chi connectivity index (χ0n) is 10.8. The van der Waals surface area contributed by atoms with E-state index in [0.717, 1.165) is 25.3 Å². The van der Waals surface area contributed by atoms with Crippen LogP contribution in [0.25, 0.3) is 0 Å². The molecule has 0 saturated heterocycles. The van der Waals surface area contributed by atoms with Gasteiger partial charge in [-0.1, -0.05) is 31.5 Å². The third-order valence-electron chi connectivity index (χ3n) is 2.75. The molecule has 0 heterocycles. The number of rotatable bonds is 6. The van der Waals surface area contributed by atoms with E-state index in [2.05, 4.69) is 44.3 Å². The summed E-state index contributed by atoms with van der Waals surface area (Å²) in [6.45, 7) is 8.63. The molecular formula is C14H23NO. The number of hydrogen-bond acceptors (Lipinski definition) is 2. The fraction of sp³-hybridized carbons (Fsp3) is 0.571. The molecule has 0 aliphatic rings. The minimum absolute atomic E-state index is 0.635. The van der Waals surface area contributed by atoms with Crippen LogP contribution in [0.15, 0.2) is 18.2 Å². The molecule has 1 N–H and O–H groups in total. The summed E-state index contributed by atoms with van der Waals surface area (Å²) in [7, 11) is 1.74. The van der Waals surface area contributed by atoms with Crippen molar-refractivity contribution in [2.75, 3.05) is 20.2 Å². The van der Waals surface area contributed by atoms with Crippen LogP contribution in [0.3, 0.4) is 0 Å². The average Bonchev–Trinajstić information content (AvgIpc) is 2.27. The molecule has 0 spiro atoms. The summed E-state index contributed by atoms with van der Waals surface area (Å²) in [6, 6.07) is 6.38. The normalized spacial score (nSPS) is 12.5. The fourth-order valence-corrected chi connectivity index (χ4v) is 1.91. The summed E-state index contributed by atoms with van der Waals surface area (Å²) in [6.07, 6.45) is 1.07. The maximum absolute atomic E-state index is 5.39. The van der Waals surface area contributed by atoms with E-state index in [9.17, 15) is 0 Å². The first kappa shape index (κ1) is 13.0. The molecule has 90 valence electrons. The second kappa shape index (κ2) is 6.54. The minimum Gasteiger partial charge on any atom is -0.496 e. The van der Waals surface area contributed by atoms with Crippen LogP contribution < -0.4 is 10.1 Å². The quantitative estimate of drug-likeness (QED) is 0.797. The van der Waals surface area contributed by atoms with Crippen LogP contribution in [0.4, 0.5) is 0 Å². The Morgan fingerprint density at radius 1 is 1.38 bits per heavy atom. The van der Waals surface area contributed by atoms with Crippen LogP contribution in [0, 0.1) is 12.8 Å². The van der Waals surface area contributed by atoms with Gasteiger partial charge in [0.25, 0.3) is 0 Å². The van der Waals surface area contributed by atoms with Crippen molar-refractivity contribution >= 4 is 0 Å². The molecule has 0 radical (unpaired) electrons. The van der Waals surface area contributed by atoms with Gasteiger partial charge in [-0.15, -0.1) is 0 Å². The van der Waals surface area contributed by atoms with Gasteiger partial charge in [0, 0.05) is 0 Å². The number of nitrogens with one attached hydrogen (secondary N) is 1. The molecule has 1 aromatic rings. The van der Waals surface area contributed by atoms with Crippen molar-refractivity contribution in [1.82, 2.24) is 5.32 Å². The molecule has 16 heavy (non-hydrogen) atoms. The molecule has 0 aliphatic carbocycles. The van der Waals surface area contributed by atoms with Gasteiger partial charge in [-0.3, -0.25) is 0 Å². The maximum Gasteiger partial charge on any atom is 0.122 e. The lowest BCUT2D eigenvalue weighted by molar-refractivity contribution is 0.404. The minimum atomic E-state index is 0.635. The summed E-state index contributed by atoms with van der Waals surface area (Å²) in [5.41, 5.74) is 2.61. The first-order chi connectivity index (χ1) is 7.67. The smallest absolute Gasteiger partial charge is 0.122 e. The molecule has 0 fully saturated rings. The highest BCUT2D eigenvalue weighted by Crippen LogP contribution is 2.22. The first-order valence-corrected chi connectivity index (χ1v) is 6.01. The summed E-state index contributed by atoms with van der Waals surface area (Å²) in [4.78, 5) is 0. The number of methoxy groups -OCH3 is 1. The van der Waals surface area contributed by atoms with E-state index in [1.165, 1.54) is 11.1 Å². The lowest BCUT2D eigenvalue weighted by Gasteiger charge is -2.15. The predicted molar refractivity (Wildman–Crippen MR) is 69.1 cm³/mol. The standard InChI is InChI=1S/C14H23NO/c1-5-15-10-12(3)9-13-8-11(2)6-7-14(13)16-4/h6-8,12,15H,5,9-10H2,1-4H3. The Morgan fingerprint density at radius 2 is 2.12 bits per heavy atom. The van der Waals surface area contributed by atoms with E-state index in [1.54, 1.807) is 7.11 Å². The summed E-state index contributed by atoms with van der Waals surface area (Å²) >= 11 is 0. The Labute approximate surface area is 99.0 Å². The van der Waals surface area contributed by atoms with E-state index in [-0.39, 0.29) is 0 Å². The zero-order chi connectivity index (χ0) is 12.0. The Bertz CT molecular complexity index is 323. The van der Waals surface area contributed by atoms with Crippen LogP contribution in [-0.2, 0) is 6.42 Å². The van der Waals surface area contributed by atoms with Crippen molar-refractivity contribution in [3.8, 4) is 5.75 Å². The average molecular weight is 221 g/mol. The van der Waals surface area contributed by atoms with E-state index in [0.29, 0.717) is 5.92 Å². The lowest BCUT2D eigenvalue weighted by Crippen LogP contribution is -2.22. The van der Waals surface area contributed by atoms with Gasteiger partial charge in [-0.05, 0) is 44.0 Å². The SMILES string of the molecule is CCNCC(C)Cc1cc(C)ccc1OC. The molecule has 1 rings (SSSR count). The zero-order valence-corrected chi connectivity index (χ0v) is 10.8. The van der Waals surface area contributed by atoms with Crippen LogP contribution in [-0.4, -0.2) is 20.2 Å². The van der Waals surface area contributed by atoms with E-state index >= 15 is 0 Å². The second-order valence-electron chi connectivity index (χ2n) is 4.43. The van der Waals surface area contributed by atoms with Gasteiger partial charge >= 0.3 is 0 Å². The molecule has 0 bridgehead atoms. The van der Waals surface area contributed by atoms with Gasteiger partial charge in [0.2, 0.25) is 0 Å². The highest BCUT2D eigenvalue weighted by Gasteiger charge is 2.08. The lowest BCUT2D eigenvalue weighted by atomic mass is 9.99. The molecule has 0 saturated carbocycles. The van der Waals surface area contributed by atoms with E-state index in [1.807, 2.05) is 0 Å². The van der Waals surface area contributed by atoms with Gasteiger partial charge < -0.3 is 10.1 Å². The van der Waals surface area contributed by atoms with E-state index in [4.69, 9.17) is 4.74 Å². The van der Waals surface area contributed by atoms with Crippen molar-refractivity contribution in [3.63, 3.8) is 0 Å². The van der Waals surface area contributed by atoms with Crippen LogP contribution in [0.1, 0.15) is 25.0 Å². The van der Waals surface area contributed by atoms with Crippen molar-refractivity contribution in [2.24, 2.45) is 5.92 Å². The summed E-state index contributed by atoms with van der Waals surface area (Å²) < 4.78 is 5.39. The maximum atomic E-state index is 5.39. The van der Waals surface area contributed by atoms with Crippen LogP contribution in [0.2, 0.25) is 0 Å². The van der Waals surface area contributed by atoms with Crippen LogP contribution >= 0.6 is 0 Å². The number of aryl methyl sites for hydroxylation is 1. The van der Waals surface area contributed by atoms with E-state index < -0.39 is 0 Å². The van der Waals surface area contributed by atoms with Gasteiger partial charge in [0.15, 0.2) is 0 Å². The molecule has 1 aromatic carbocycles. The first-order valence-electron chi connectivity index (χ1n) is 6.01. The summed E-state index contributed by atoms with van der Waals surface area (Å²) in [5, 5.41) is 3.38.